The standard InChI is InChI=1S/C10H23NOS/c1-3-13-10-6-4-5-7-11-8-9-12-2/h11H,3-10H2,1-2H3. The first kappa shape index (κ1) is 13.3. The predicted molar refractivity (Wildman–Crippen MR) is 61.6 cm³/mol. The van der Waals surface area contributed by atoms with Gasteiger partial charge < -0.3 is 10.1 Å². The van der Waals surface area contributed by atoms with Crippen LogP contribution in [0.25, 0.3) is 0 Å². The molecule has 13 heavy (non-hydrogen) atoms. The molecule has 0 aromatic rings. The molecule has 0 aliphatic carbocycles. The van der Waals surface area contributed by atoms with Gasteiger partial charge in [0.15, 0.2) is 0 Å². The maximum absolute atomic E-state index is 4.94. The Morgan fingerprint density at radius 1 is 1.15 bits per heavy atom. The van der Waals surface area contributed by atoms with Crippen molar-refractivity contribution in [2.24, 2.45) is 0 Å². The molecule has 0 unspecified atom stereocenters. The second-order valence-corrected chi connectivity index (χ2v) is 4.39. The van der Waals surface area contributed by atoms with Gasteiger partial charge in [-0.3, -0.25) is 0 Å². The summed E-state index contributed by atoms with van der Waals surface area (Å²) in [5, 5.41) is 3.35. The van der Waals surface area contributed by atoms with Gasteiger partial charge in [0, 0.05) is 13.7 Å². The minimum absolute atomic E-state index is 0.825. The molecule has 2 nitrogen and oxygen atoms in total. The van der Waals surface area contributed by atoms with Crippen LogP contribution in [0.4, 0.5) is 0 Å². The molecule has 0 bridgehead atoms. The SMILES string of the molecule is CCSCCCCCNCCOC. The van der Waals surface area contributed by atoms with E-state index in [0.29, 0.717) is 0 Å². The third kappa shape index (κ3) is 12.3. The summed E-state index contributed by atoms with van der Waals surface area (Å²) in [5.74, 6) is 2.58. The number of hydrogen-bond acceptors (Lipinski definition) is 3. The van der Waals surface area contributed by atoms with Crippen molar-refractivity contribution >= 4 is 11.8 Å². The van der Waals surface area contributed by atoms with Crippen LogP contribution in [-0.2, 0) is 4.74 Å². The smallest absolute Gasteiger partial charge is 0.0587 e. The van der Waals surface area contributed by atoms with Gasteiger partial charge in [0.1, 0.15) is 0 Å². The summed E-state index contributed by atoms with van der Waals surface area (Å²) in [4.78, 5) is 0. The highest BCUT2D eigenvalue weighted by Crippen LogP contribution is 2.04. The highest BCUT2D eigenvalue weighted by Gasteiger charge is 1.89. The van der Waals surface area contributed by atoms with Gasteiger partial charge in [0.05, 0.1) is 6.61 Å². The molecule has 1 N–H and O–H groups in total. The molecule has 0 saturated carbocycles. The first-order chi connectivity index (χ1) is 6.41. The number of thioether (sulfide) groups is 1. The van der Waals surface area contributed by atoms with E-state index in [2.05, 4.69) is 12.2 Å². The zero-order valence-corrected chi connectivity index (χ0v) is 9.79. The van der Waals surface area contributed by atoms with Crippen molar-refractivity contribution in [2.45, 2.75) is 26.2 Å². The van der Waals surface area contributed by atoms with Gasteiger partial charge in [-0.2, -0.15) is 11.8 Å². The van der Waals surface area contributed by atoms with E-state index in [-0.39, 0.29) is 0 Å². The van der Waals surface area contributed by atoms with E-state index in [9.17, 15) is 0 Å². The topological polar surface area (TPSA) is 21.3 Å². The summed E-state index contributed by atoms with van der Waals surface area (Å²) >= 11 is 2.04. The number of methoxy groups -OCH3 is 1. The van der Waals surface area contributed by atoms with Crippen molar-refractivity contribution in [2.75, 3.05) is 38.3 Å². The molecule has 0 heterocycles. The predicted octanol–water partition coefficient (Wildman–Crippen LogP) is 2.15. The largest absolute Gasteiger partial charge is 0.383 e. The van der Waals surface area contributed by atoms with Crippen LogP contribution < -0.4 is 5.32 Å². The van der Waals surface area contributed by atoms with Crippen LogP contribution in [0.2, 0.25) is 0 Å². The zero-order valence-electron chi connectivity index (χ0n) is 8.97. The molecule has 0 saturated heterocycles. The second kappa shape index (κ2) is 12.3. The molecule has 0 aromatic carbocycles. The Balaban J connectivity index is 2.76. The summed E-state index contributed by atoms with van der Waals surface area (Å²) in [6.07, 6.45) is 4.02. The van der Waals surface area contributed by atoms with Crippen molar-refractivity contribution in [1.82, 2.24) is 5.32 Å². The maximum atomic E-state index is 4.94. The van der Waals surface area contributed by atoms with E-state index in [1.165, 1.54) is 30.8 Å². The number of ether oxygens (including phenoxy) is 1. The molecule has 0 atom stereocenters. The Labute approximate surface area is 86.8 Å². The lowest BCUT2D eigenvalue weighted by molar-refractivity contribution is 0.199. The van der Waals surface area contributed by atoms with Gasteiger partial charge in [0.25, 0.3) is 0 Å². The van der Waals surface area contributed by atoms with Crippen molar-refractivity contribution in [3.05, 3.63) is 0 Å². The number of nitrogens with one attached hydrogen (secondary N) is 1. The average Bonchev–Trinajstić information content (AvgIpc) is 2.16. The Bertz CT molecular complexity index is 81.0. The molecule has 0 spiro atoms. The van der Waals surface area contributed by atoms with E-state index in [1.807, 2.05) is 11.8 Å². The van der Waals surface area contributed by atoms with E-state index in [0.717, 1.165) is 19.7 Å². The van der Waals surface area contributed by atoms with Crippen molar-refractivity contribution in [1.29, 1.82) is 0 Å². The third-order valence-corrected chi connectivity index (χ3v) is 2.81. The molecule has 3 heteroatoms. The minimum atomic E-state index is 0.825. The highest BCUT2D eigenvalue weighted by molar-refractivity contribution is 7.99. The third-order valence-electron chi connectivity index (χ3n) is 1.83. The molecule has 0 fully saturated rings. The average molecular weight is 205 g/mol. The molecule has 0 radical (unpaired) electrons. The summed E-state index contributed by atoms with van der Waals surface area (Å²) in [7, 11) is 1.74. The van der Waals surface area contributed by atoms with Crippen LogP contribution >= 0.6 is 11.8 Å². The van der Waals surface area contributed by atoms with Gasteiger partial charge >= 0.3 is 0 Å². The second-order valence-electron chi connectivity index (χ2n) is 3.00. The zero-order chi connectivity index (χ0) is 9.78. The fourth-order valence-electron chi connectivity index (χ4n) is 1.07. The van der Waals surface area contributed by atoms with E-state index < -0.39 is 0 Å². The van der Waals surface area contributed by atoms with E-state index in [4.69, 9.17) is 4.74 Å². The van der Waals surface area contributed by atoms with E-state index >= 15 is 0 Å². The molecule has 0 aliphatic rings. The maximum Gasteiger partial charge on any atom is 0.0587 e. The number of hydrogen-bond donors (Lipinski definition) is 1. The minimum Gasteiger partial charge on any atom is -0.383 e. The normalized spacial score (nSPS) is 10.6. The number of rotatable bonds is 10. The highest BCUT2D eigenvalue weighted by atomic mass is 32.2. The van der Waals surface area contributed by atoms with Crippen LogP contribution in [0.1, 0.15) is 26.2 Å². The molecule has 0 amide bonds. The van der Waals surface area contributed by atoms with Crippen molar-refractivity contribution in [3.63, 3.8) is 0 Å². The Hall–Kier alpha value is 0.270. The van der Waals surface area contributed by atoms with Gasteiger partial charge in [-0.15, -0.1) is 0 Å². The molecule has 0 rings (SSSR count). The van der Waals surface area contributed by atoms with Crippen LogP contribution in [0.15, 0.2) is 0 Å². The molecule has 80 valence electrons. The Morgan fingerprint density at radius 2 is 2.00 bits per heavy atom. The first-order valence-electron chi connectivity index (χ1n) is 5.19. The van der Waals surface area contributed by atoms with Crippen molar-refractivity contribution in [3.8, 4) is 0 Å². The van der Waals surface area contributed by atoms with Gasteiger partial charge in [-0.05, 0) is 30.9 Å². The quantitative estimate of drug-likeness (QED) is 0.552. The lowest BCUT2D eigenvalue weighted by Crippen LogP contribution is -2.20. The van der Waals surface area contributed by atoms with Gasteiger partial charge in [-0.1, -0.05) is 13.3 Å². The van der Waals surface area contributed by atoms with Gasteiger partial charge in [0.2, 0.25) is 0 Å². The first-order valence-corrected chi connectivity index (χ1v) is 6.34. The Morgan fingerprint density at radius 3 is 2.69 bits per heavy atom. The Kier molecular flexibility index (Phi) is 12.5. The summed E-state index contributed by atoms with van der Waals surface area (Å²) in [5.41, 5.74) is 0. The van der Waals surface area contributed by atoms with Gasteiger partial charge in [-0.25, -0.2) is 0 Å². The van der Waals surface area contributed by atoms with E-state index in [1.54, 1.807) is 7.11 Å². The lowest BCUT2D eigenvalue weighted by atomic mass is 10.2. The molecule has 0 aromatic heterocycles. The summed E-state index contributed by atoms with van der Waals surface area (Å²) < 4.78 is 4.94. The summed E-state index contributed by atoms with van der Waals surface area (Å²) in [6, 6.07) is 0. The number of unbranched alkanes of at least 4 members (excludes halogenated alkanes) is 2. The van der Waals surface area contributed by atoms with Crippen LogP contribution in [0.3, 0.4) is 0 Å². The molecule has 0 aliphatic heterocycles. The monoisotopic (exact) mass is 205 g/mol. The fraction of sp³-hybridized carbons (Fsp3) is 1.00. The molecular formula is C10H23NOS. The fourth-order valence-corrected chi connectivity index (χ4v) is 1.77. The van der Waals surface area contributed by atoms with Crippen LogP contribution in [-0.4, -0.2) is 38.3 Å². The van der Waals surface area contributed by atoms with Crippen molar-refractivity contribution < 1.29 is 4.74 Å². The van der Waals surface area contributed by atoms with Crippen LogP contribution in [0.5, 0.6) is 0 Å². The summed E-state index contributed by atoms with van der Waals surface area (Å²) in [6.45, 7) is 5.17. The lowest BCUT2D eigenvalue weighted by Gasteiger charge is -2.03. The van der Waals surface area contributed by atoms with Crippen LogP contribution in [0, 0.1) is 0 Å². The molecular weight excluding hydrogens is 182 g/mol.